The van der Waals surface area contributed by atoms with Gasteiger partial charge in [-0.15, -0.1) is 0 Å². The molecule has 0 atom stereocenters. The average Bonchev–Trinajstić information content (AvgIpc) is 2.84. The smallest absolute Gasteiger partial charge is 0.0922 e. The number of fused-ring (bicyclic) bond motifs is 1. The second-order valence-corrected chi connectivity index (χ2v) is 5.95. The summed E-state index contributed by atoms with van der Waals surface area (Å²) >= 11 is 1.58. The van der Waals surface area contributed by atoms with Crippen LogP contribution >= 0.6 is 11.5 Å². The first-order valence-electron chi connectivity index (χ1n) is 6.52. The summed E-state index contributed by atoms with van der Waals surface area (Å²) in [4.78, 5) is 0. The van der Waals surface area contributed by atoms with Crippen molar-refractivity contribution in [3.05, 3.63) is 52.6 Å². The van der Waals surface area contributed by atoms with Gasteiger partial charge < -0.3 is 0 Å². The molecule has 0 bridgehead atoms. The van der Waals surface area contributed by atoms with E-state index in [4.69, 9.17) is 0 Å². The van der Waals surface area contributed by atoms with Gasteiger partial charge in [0.2, 0.25) is 0 Å². The van der Waals surface area contributed by atoms with E-state index in [0.29, 0.717) is 0 Å². The van der Waals surface area contributed by atoms with Crippen LogP contribution in [0.25, 0.3) is 21.3 Å². The van der Waals surface area contributed by atoms with E-state index < -0.39 is 0 Å². The van der Waals surface area contributed by atoms with Crippen molar-refractivity contribution in [3.63, 3.8) is 0 Å². The molecular weight excluding hydrogens is 250 g/mol. The maximum atomic E-state index is 4.68. The third kappa shape index (κ3) is 1.87. The zero-order valence-corrected chi connectivity index (χ0v) is 12.6. The third-order valence-corrected chi connectivity index (χ3v) is 4.94. The van der Waals surface area contributed by atoms with E-state index in [-0.39, 0.29) is 0 Å². The minimum atomic E-state index is 1.13. The molecule has 0 unspecified atom stereocenters. The number of hydrogen-bond acceptors (Lipinski definition) is 2. The van der Waals surface area contributed by atoms with Crippen LogP contribution in [0.3, 0.4) is 0 Å². The van der Waals surface area contributed by atoms with Gasteiger partial charge in [-0.3, -0.25) is 0 Å². The summed E-state index contributed by atoms with van der Waals surface area (Å²) in [5, 5.41) is 1.26. The first kappa shape index (κ1) is 12.4. The zero-order chi connectivity index (χ0) is 13.6. The first-order valence-corrected chi connectivity index (χ1v) is 7.29. The molecule has 0 radical (unpaired) electrons. The molecule has 0 saturated heterocycles. The van der Waals surface area contributed by atoms with Crippen molar-refractivity contribution in [2.45, 2.75) is 27.7 Å². The minimum absolute atomic E-state index is 1.13. The van der Waals surface area contributed by atoms with E-state index in [0.717, 1.165) is 5.69 Å². The molecule has 3 rings (SSSR count). The monoisotopic (exact) mass is 267 g/mol. The number of nitrogens with zero attached hydrogens (tertiary/aromatic N) is 1. The number of rotatable bonds is 1. The Hall–Kier alpha value is -1.67. The minimum Gasteiger partial charge on any atom is -0.191 e. The van der Waals surface area contributed by atoms with Crippen LogP contribution in [0.1, 0.15) is 22.3 Å². The van der Waals surface area contributed by atoms with Crippen LogP contribution in [-0.4, -0.2) is 4.37 Å². The van der Waals surface area contributed by atoms with Crippen molar-refractivity contribution in [2.75, 3.05) is 0 Å². The predicted octanol–water partition coefficient (Wildman–Crippen LogP) is 5.20. The van der Waals surface area contributed by atoms with Crippen molar-refractivity contribution in [1.82, 2.24) is 4.37 Å². The Balaban J connectivity index is 2.34. The van der Waals surface area contributed by atoms with Crippen molar-refractivity contribution in [3.8, 4) is 11.3 Å². The van der Waals surface area contributed by atoms with E-state index in [2.05, 4.69) is 62.4 Å². The quantitative estimate of drug-likeness (QED) is 0.590. The van der Waals surface area contributed by atoms with Crippen LogP contribution in [0.4, 0.5) is 0 Å². The fourth-order valence-electron chi connectivity index (χ4n) is 2.54. The van der Waals surface area contributed by atoms with Crippen molar-refractivity contribution >= 4 is 21.6 Å². The molecule has 96 valence electrons. The van der Waals surface area contributed by atoms with Gasteiger partial charge in [0, 0.05) is 10.9 Å². The van der Waals surface area contributed by atoms with Crippen LogP contribution in [0.15, 0.2) is 30.3 Å². The molecule has 19 heavy (non-hydrogen) atoms. The third-order valence-electron chi connectivity index (χ3n) is 4.11. The summed E-state index contributed by atoms with van der Waals surface area (Å²) in [5.41, 5.74) is 7.87. The van der Waals surface area contributed by atoms with Crippen LogP contribution in [0.5, 0.6) is 0 Å². The Morgan fingerprint density at radius 2 is 1.63 bits per heavy atom. The molecule has 0 spiro atoms. The molecule has 0 aliphatic heterocycles. The molecule has 2 heteroatoms. The lowest BCUT2D eigenvalue weighted by atomic mass is 9.92. The van der Waals surface area contributed by atoms with Gasteiger partial charge in [0.15, 0.2) is 0 Å². The molecule has 0 aliphatic carbocycles. The van der Waals surface area contributed by atoms with Gasteiger partial charge in [-0.25, -0.2) is 0 Å². The Bertz CT molecular complexity index is 768. The lowest BCUT2D eigenvalue weighted by molar-refractivity contribution is 1.21. The van der Waals surface area contributed by atoms with E-state index in [9.17, 15) is 0 Å². The largest absolute Gasteiger partial charge is 0.191 e. The van der Waals surface area contributed by atoms with E-state index in [1.165, 1.54) is 37.9 Å². The van der Waals surface area contributed by atoms with Gasteiger partial charge in [-0.05, 0) is 73.6 Å². The lowest BCUT2D eigenvalue weighted by Crippen LogP contribution is -1.94. The summed E-state index contributed by atoms with van der Waals surface area (Å²) in [6, 6.07) is 10.7. The molecule has 3 aromatic rings. The molecule has 1 heterocycles. The van der Waals surface area contributed by atoms with Crippen LogP contribution in [-0.2, 0) is 0 Å². The van der Waals surface area contributed by atoms with Gasteiger partial charge in [0.25, 0.3) is 0 Å². The Morgan fingerprint density at radius 3 is 2.42 bits per heavy atom. The first-order chi connectivity index (χ1) is 9.09. The van der Waals surface area contributed by atoms with E-state index >= 15 is 0 Å². The number of hydrogen-bond donors (Lipinski definition) is 0. The molecule has 0 aliphatic rings. The average molecular weight is 267 g/mol. The molecule has 1 nitrogen and oxygen atoms in total. The van der Waals surface area contributed by atoms with Crippen LogP contribution < -0.4 is 0 Å². The molecular formula is C17H17NS. The topological polar surface area (TPSA) is 12.9 Å². The van der Waals surface area contributed by atoms with Crippen LogP contribution in [0, 0.1) is 27.7 Å². The molecule has 0 saturated carbocycles. The fraction of sp³-hybridized carbons (Fsp3) is 0.235. The molecule has 0 amide bonds. The highest BCUT2D eigenvalue weighted by atomic mass is 32.1. The van der Waals surface area contributed by atoms with Gasteiger partial charge >= 0.3 is 0 Å². The van der Waals surface area contributed by atoms with Gasteiger partial charge in [0.1, 0.15) is 0 Å². The lowest BCUT2D eigenvalue weighted by Gasteiger charge is -2.13. The van der Waals surface area contributed by atoms with Crippen molar-refractivity contribution in [2.24, 2.45) is 0 Å². The predicted molar refractivity (Wildman–Crippen MR) is 84.0 cm³/mol. The van der Waals surface area contributed by atoms with E-state index in [1.807, 2.05) is 0 Å². The zero-order valence-electron chi connectivity index (χ0n) is 11.7. The molecule has 2 aromatic carbocycles. The van der Waals surface area contributed by atoms with Gasteiger partial charge in [-0.2, -0.15) is 4.37 Å². The summed E-state index contributed by atoms with van der Waals surface area (Å²) in [6.45, 7) is 8.78. The summed E-state index contributed by atoms with van der Waals surface area (Å²) in [5.74, 6) is 0. The highest BCUT2D eigenvalue weighted by molar-refractivity contribution is 7.13. The van der Waals surface area contributed by atoms with Crippen LogP contribution in [0.2, 0.25) is 0 Å². The Morgan fingerprint density at radius 1 is 0.895 bits per heavy atom. The SMILES string of the molecule is Cc1cc(-c2nsc3ccccc23)c(C)c(C)c1C. The fourth-order valence-corrected chi connectivity index (χ4v) is 3.33. The van der Waals surface area contributed by atoms with Crippen molar-refractivity contribution in [1.29, 1.82) is 0 Å². The maximum Gasteiger partial charge on any atom is 0.0922 e. The Labute approximate surface area is 118 Å². The molecule has 1 aromatic heterocycles. The highest BCUT2D eigenvalue weighted by Crippen LogP contribution is 2.35. The normalized spacial score (nSPS) is 11.2. The Kier molecular flexibility index (Phi) is 2.90. The second-order valence-electron chi connectivity index (χ2n) is 5.14. The second kappa shape index (κ2) is 4.46. The number of aromatic nitrogens is 1. The van der Waals surface area contributed by atoms with Gasteiger partial charge in [-0.1, -0.05) is 18.2 Å². The summed E-state index contributed by atoms with van der Waals surface area (Å²) in [6.07, 6.45) is 0. The van der Waals surface area contributed by atoms with Gasteiger partial charge in [0.05, 0.1) is 10.4 Å². The van der Waals surface area contributed by atoms with Crippen molar-refractivity contribution < 1.29 is 0 Å². The number of aryl methyl sites for hydroxylation is 1. The standard InChI is InChI=1S/C17H17NS/c1-10-9-15(13(4)12(3)11(10)2)17-14-7-5-6-8-16(14)19-18-17/h5-9H,1-4H3. The highest BCUT2D eigenvalue weighted by Gasteiger charge is 2.13. The number of benzene rings is 2. The maximum absolute atomic E-state index is 4.68. The van der Waals surface area contributed by atoms with E-state index in [1.54, 1.807) is 11.5 Å². The molecule has 0 fully saturated rings. The molecule has 0 N–H and O–H groups in total. The summed E-state index contributed by atoms with van der Waals surface area (Å²) in [7, 11) is 0. The summed E-state index contributed by atoms with van der Waals surface area (Å²) < 4.78 is 5.94.